The van der Waals surface area contributed by atoms with Crippen molar-refractivity contribution in [3.05, 3.63) is 35.9 Å². The molecule has 0 saturated carbocycles. The third-order valence-electron chi connectivity index (χ3n) is 3.29. The first-order chi connectivity index (χ1) is 9.24. The molecule has 1 heterocycles. The minimum absolute atomic E-state index is 0.0426. The summed E-state index contributed by atoms with van der Waals surface area (Å²) in [6.07, 6.45) is 2.47. The van der Waals surface area contributed by atoms with Gasteiger partial charge in [0.1, 0.15) is 0 Å². The molecule has 4 nitrogen and oxygen atoms in total. The molecule has 1 aromatic rings. The number of hydrogen-bond acceptors (Lipinski definition) is 3. The van der Waals surface area contributed by atoms with Gasteiger partial charge in [0.05, 0.1) is 18.6 Å². The van der Waals surface area contributed by atoms with E-state index < -0.39 is 6.10 Å². The van der Waals surface area contributed by atoms with Gasteiger partial charge in [-0.1, -0.05) is 30.3 Å². The number of benzene rings is 1. The minimum Gasteiger partial charge on any atom is -0.391 e. The lowest BCUT2D eigenvalue weighted by Crippen LogP contribution is -2.34. The van der Waals surface area contributed by atoms with E-state index in [9.17, 15) is 9.90 Å². The molecule has 1 aliphatic heterocycles. The molecule has 0 spiro atoms. The largest absolute Gasteiger partial charge is 0.391 e. The summed E-state index contributed by atoms with van der Waals surface area (Å²) < 4.78 is 5.40. The highest BCUT2D eigenvalue weighted by molar-refractivity contribution is 5.76. The zero-order valence-corrected chi connectivity index (χ0v) is 11.0. The van der Waals surface area contributed by atoms with Crippen LogP contribution in [0.3, 0.4) is 0 Å². The lowest BCUT2D eigenvalue weighted by atomic mass is 10.1. The van der Waals surface area contributed by atoms with Gasteiger partial charge < -0.3 is 15.2 Å². The Labute approximate surface area is 113 Å². The molecule has 104 valence electrons. The van der Waals surface area contributed by atoms with Crippen LogP contribution in [-0.2, 0) is 16.0 Å². The molecule has 2 unspecified atom stereocenters. The van der Waals surface area contributed by atoms with Crippen molar-refractivity contribution in [3.8, 4) is 0 Å². The van der Waals surface area contributed by atoms with Gasteiger partial charge in [0.25, 0.3) is 0 Å². The Morgan fingerprint density at radius 2 is 2.21 bits per heavy atom. The van der Waals surface area contributed by atoms with E-state index in [0.29, 0.717) is 19.4 Å². The van der Waals surface area contributed by atoms with Gasteiger partial charge in [0, 0.05) is 19.6 Å². The summed E-state index contributed by atoms with van der Waals surface area (Å²) in [5.41, 5.74) is 1.07. The van der Waals surface area contributed by atoms with Gasteiger partial charge in [-0.15, -0.1) is 0 Å². The number of carbonyl (C=O) groups excluding carboxylic acids is 1. The van der Waals surface area contributed by atoms with Crippen LogP contribution in [0.5, 0.6) is 0 Å². The zero-order valence-electron chi connectivity index (χ0n) is 11.0. The number of aliphatic hydroxyl groups excluding tert-OH is 1. The number of hydrogen-bond donors (Lipinski definition) is 2. The van der Waals surface area contributed by atoms with Crippen LogP contribution >= 0.6 is 0 Å². The lowest BCUT2D eigenvalue weighted by molar-refractivity contribution is -0.123. The Balaban J connectivity index is 1.65. The lowest BCUT2D eigenvalue weighted by Gasteiger charge is -2.13. The number of amides is 1. The summed E-state index contributed by atoms with van der Waals surface area (Å²) in [5.74, 6) is -0.0426. The fourth-order valence-corrected chi connectivity index (χ4v) is 2.27. The fraction of sp³-hybridized carbons (Fsp3) is 0.533. The summed E-state index contributed by atoms with van der Waals surface area (Å²) >= 11 is 0. The average Bonchev–Trinajstić information content (AvgIpc) is 2.90. The topological polar surface area (TPSA) is 58.6 Å². The van der Waals surface area contributed by atoms with E-state index in [1.54, 1.807) is 0 Å². The summed E-state index contributed by atoms with van der Waals surface area (Å²) in [5, 5.41) is 12.6. The highest BCUT2D eigenvalue weighted by atomic mass is 16.5. The maximum atomic E-state index is 11.7. The Hall–Kier alpha value is -1.39. The molecule has 1 aromatic carbocycles. The second-order valence-electron chi connectivity index (χ2n) is 4.99. The molecule has 0 aromatic heterocycles. The molecule has 2 rings (SSSR count). The molecular weight excluding hydrogens is 242 g/mol. The van der Waals surface area contributed by atoms with Gasteiger partial charge in [-0.25, -0.2) is 0 Å². The van der Waals surface area contributed by atoms with Gasteiger partial charge in [0.15, 0.2) is 0 Å². The predicted octanol–water partition coefficient (Wildman–Crippen LogP) is 1.28. The summed E-state index contributed by atoms with van der Waals surface area (Å²) in [4.78, 5) is 11.7. The van der Waals surface area contributed by atoms with E-state index in [2.05, 4.69) is 5.32 Å². The van der Waals surface area contributed by atoms with Crippen molar-refractivity contribution < 1.29 is 14.6 Å². The Morgan fingerprint density at radius 1 is 1.42 bits per heavy atom. The standard InChI is InChI=1S/C15H21NO3/c17-13(9-12-5-2-1-3-6-12)11-16-15(18)10-14-7-4-8-19-14/h1-3,5-6,13-14,17H,4,7-11H2,(H,16,18). The fourth-order valence-electron chi connectivity index (χ4n) is 2.27. The van der Waals surface area contributed by atoms with Crippen molar-refractivity contribution in [2.24, 2.45) is 0 Å². The molecule has 1 aliphatic rings. The zero-order chi connectivity index (χ0) is 13.5. The SMILES string of the molecule is O=C(CC1CCCO1)NCC(O)Cc1ccccc1. The molecule has 0 bridgehead atoms. The van der Waals surface area contributed by atoms with Crippen LogP contribution in [0.25, 0.3) is 0 Å². The molecule has 0 aliphatic carbocycles. The molecule has 2 N–H and O–H groups in total. The van der Waals surface area contributed by atoms with Crippen molar-refractivity contribution in [1.29, 1.82) is 0 Å². The van der Waals surface area contributed by atoms with Crippen molar-refractivity contribution in [3.63, 3.8) is 0 Å². The number of rotatable bonds is 6. The molecule has 4 heteroatoms. The molecule has 1 amide bonds. The second-order valence-corrected chi connectivity index (χ2v) is 4.99. The van der Waals surface area contributed by atoms with E-state index in [1.165, 1.54) is 0 Å². The Morgan fingerprint density at radius 3 is 2.89 bits per heavy atom. The van der Waals surface area contributed by atoms with Crippen molar-refractivity contribution in [1.82, 2.24) is 5.32 Å². The van der Waals surface area contributed by atoms with Crippen molar-refractivity contribution in [2.75, 3.05) is 13.2 Å². The highest BCUT2D eigenvalue weighted by Gasteiger charge is 2.19. The summed E-state index contributed by atoms with van der Waals surface area (Å²) in [6, 6.07) is 9.77. The quantitative estimate of drug-likeness (QED) is 0.812. The normalized spacial score (nSPS) is 20.2. The Bertz CT molecular complexity index is 388. The van der Waals surface area contributed by atoms with Gasteiger partial charge in [-0.05, 0) is 18.4 Å². The van der Waals surface area contributed by atoms with Crippen LogP contribution in [0.15, 0.2) is 30.3 Å². The van der Waals surface area contributed by atoms with Crippen LogP contribution in [0.1, 0.15) is 24.8 Å². The van der Waals surface area contributed by atoms with E-state index in [1.807, 2.05) is 30.3 Å². The van der Waals surface area contributed by atoms with Crippen molar-refractivity contribution >= 4 is 5.91 Å². The van der Waals surface area contributed by atoms with E-state index in [-0.39, 0.29) is 12.0 Å². The number of aliphatic hydroxyl groups is 1. The highest BCUT2D eigenvalue weighted by Crippen LogP contribution is 2.14. The average molecular weight is 263 g/mol. The maximum absolute atomic E-state index is 11.7. The maximum Gasteiger partial charge on any atom is 0.222 e. The monoisotopic (exact) mass is 263 g/mol. The van der Waals surface area contributed by atoms with Gasteiger partial charge in [-0.2, -0.15) is 0 Å². The van der Waals surface area contributed by atoms with Crippen LogP contribution in [0, 0.1) is 0 Å². The van der Waals surface area contributed by atoms with Crippen LogP contribution in [-0.4, -0.2) is 36.4 Å². The number of nitrogens with one attached hydrogen (secondary N) is 1. The van der Waals surface area contributed by atoms with E-state index in [4.69, 9.17) is 4.74 Å². The van der Waals surface area contributed by atoms with Crippen LogP contribution in [0.2, 0.25) is 0 Å². The molecule has 1 fully saturated rings. The molecule has 19 heavy (non-hydrogen) atoms. The van der Waals surface area contributed by atoms with Gasteiger partial charge in [0.2, 0.25) is 5.91 Å². The third-order valence-corrected chi connectivity index (χ3v) is 3.29. The van der Waals surface area contributed by atoms with Gasteiger partial charge >= 0.3 is 0 Å². The first-order valence-corrected chi connectivity index (χ1v) is 6.84. The smallest absolute Gasteiger partial charge is 0.222 e. The Kier molecular flexibility index (Phi) is 5.36. The predicted molar refractivity (Wildman–Crippen MR) is 72.8 cm³/mol. The van der Waals surface area contributed by atoms with Gasteiger partial charge in [-0.3, -0.25) is 4.79 Å². The molecular formula is C15H21NO3. The second kappa shape index (κ2) is 7.26. The number of ether oxygens (including phenoxy) is 1. The summed E-state index contributed by atoms with van der Waals surface area (Å²) in [7, 11) is 0. The van der Waals surface area contributed by atoms with E-state index >= 15 is 0 Å². The summed E-state index contributed by atoms with van der Waals surface area (Å²) in [6.45, 7) is 1.05. The molecule has 1 saturated heterocycles. The third kappa shape index (κ3) is 5.01. The van der Waals surface area contributed by atoms with E-state index in [0.717, 1.165) is 25.0 Å². The first-order valence-electron chi connectivity index (χ1n) is 6.84. The number of carbonyl (C=O) groups is 1. The van der Waals surface area contributed by atoms with Crippen LogP contribution < -0.4 is 5.32 Å². The first kappa shape index (κ1) is 14.0. The minimum atomic E-state index is -0.546. The molecule has 2 atom stereocenters. The van der Waals surface area contributed by atoms with Crippen molar-refractivity contribution in [2.45, 2.75) is 37.9 Å². The van der Waals surface area contributed by atoms with Crippen LogP contribution in [0.4, 0.5) is 0 Å². The molecule has 0 radical (unpaired) electrons.